The molecule has 1 rings (SSSR count). The summed E-state index contributed by atoms with van der Waals surface area (Å²) >= 11 is 3.63. The highest BCUT2D eigenvalue weighted by molar-refractivity contribution is 8.39. The molecule has 1 atom stereocenters. The van der Waals surface area contributed by atoms with E-state index in [0.29, 0.717) is 12.5 Å². The van der Waals surface area contributed by atoms with E-state index in [-0.39, 0.29) is 0 Å². The Morgan fingerprint density at radius 3 is 3.25 bits per heavy atom. The maximum Gasteiger partial charge on any atom is 0.124 e. The van der Waals surface area contributed by atoms with Crippen LogP contribution in [0.2, 0.25) is 0 Å². The molecule has 0 aliphatic carbocycles. The van der Waals surface area contributed by atoms with Crippen LogP contribution in [-0.4, -0.2) is 21.9 Å². The van der Waals surface area contributed by atoms with Gasteiger partial charge in [-0.05, 0) is 13.3 Å². The highest BCUT2D eigenvalue weighted by Gasteiger charge is 2.13. The SMILES string of the molecule is C[C@H]1CSC(SCCCC#N)=N1. The van der Waals surface area contributed by atoms with Crippen LogP contribution >= 0.6 is 23.5 Å². The predicted molar refractivity (Wildman–Crippen MR) is 56.7 cm³/mol. The van der Waals surface area contributed by atoms with Crippen molar-refractivity contribution in [2.24, 2.45) is 4.99 Å². The third kappa shape index (κ3) is 3.51. The third-order valence-corrected chi connectivity index (χ3v) is 3.99. The fourth-order valence-corrected chi connectivity index (χ4v) is 3.05. The van der Waals surface area contributed by atoms with Gasteiger partial charge < -0.3 is 0 Å². The fourth-order valence-electron chi connectivity index (χ4n) is 0.836. The van der Waals surface area contributed by atoms with Crippen molar-refractivity contribution in [2.75, 3.05) is 11.5 Å². The summed E-state index contributed by atoms with van der Waals surface area (Å²) in [6, 6.07) is 2.64. The second-order valence-electron chi connectivity index (χ2n) is 2.67. The van der Waals surface area contributed by atoms with Crippen molar-refractivity contribution < 1.29 is 0 Å². The Morgan fingerprint density at radius 1 is 1.83 bits per heavy atom. The second-order valence-corrected chi connectivity index (χ2v) is 5.02. The Morgan fingerprint density at radius 2 is 2.67 bits per heavy atom. The second kappa shape index (κ2) is 5.50. The van der Waals surface area contributed by atoms with E-state index in [9.17, 15) is 0 Å². The topological polar surface area (TPSA) is 36.1 Å². The number of aliphatic imine (C=N–C) groups is 1. The fraction of sp³-hybridized carbons (Fsp3) is 0.750. The van der Waals surface area contributed by atoms with Crippen LogP contribution in [0, 0.1) is 11.3 Å². The third-order valence-electron chi connectivity index (χ3n) is 1.43. The zero-order valence-corrected chi connectivity index (χ0v) is 8.75. The van der Waals surface area contributed by atoms with Crippen molar-refractivity contribution in [1.29, 1.82) is 5.26 Å². The van der Waals surface area contributed by atoms with Crippen LogP contribution in [-0.2, 0) is 0 Å². The Bertz CT molecular complexity index is 208. The molecule has 0 aromatic rings. The largest absolute Gasteiger partial charge is 0.268 e. The highest BCUT2D eigenvalue weighted by atomic mass is 32.2. The number of rotatable bonds is 3. The van der Waals surface area contributed by atoms with Gasteiger partial charge in [0, 0.05) is 17.9 Å². The molecule has 0 bridgehead atoms. The van der Waals surface area contributed by atoms with E-state index in [1.54, 1.807) is 11.8 Å². The lowest BCUT2D eigenvalue weighted by Crippen LogP contribution is -1.92. The first-order valence-electron chi connectivity index (χ1n) is 4.03. The van der Waals surface area contributed by atoms with E-state index in [4.69, 9.17) is 5.26 Å². The van der Waals surface area contributed by atoms with Crippen LogP contribution in [0.15, 0.2) is 4.99 Å². The summed E-state index contributed by atoms with van der Waals surface area (Å²) < 4.78 is 1.21. The average molecular weight is 200 g/mol. The molecule has 12 heavy (non-hydrogen) atoms. The van der Waals surface area contributed by atoms with Gasteiger partial charge in [0.1, 0.15) is 4.38 Å². The van der Waals surface area contributed by atoms with E-state index in [2.05, 4.69) is 18.0 Å². The van der Waals surface area contributed by atoms with Crippen molar-refractivity contribution >= 4 is 27.9 Å². The summed E-state index contributed by atoms with van der Waals surface area (Å²) in [5.74, 6) is 2.16. The van der Waals surface area contributed by atoms with E-state index in [1.165, 1.54) is 4.38 Å². The minimum absolute atomic E-state index is 0.494. The highest BCUT2D eigenvalue weighted by Crippen LogP contribution is 2.26. The molecular formula is C8H12N2S2. The number of nitrogens with zero attached hydrogens (tertiary/aromatic N) is 2. The normalized spacial score (nSPS) is 22.0. The number of unbranched alkanes of at least 4 members (excludes halogenated alkanes) is 1. The van der Waals surface area contributed by atoms with E-state index in [0.717, 1.165) is 17.9 Å². The Kier molecular flexibility index (Phi) is 4.55. The van der Waals surface area contributed by atoms with Crippen LogP contribution in [0.5, 0.6) is 0 Å². The summed E-state index contributed by atoms with van der Waals surface area (Å²) in [6.07, 6.45) is 1.65. The maximum atomic E-state index is 8.31. The number of nitriles is 1. The molecule has 1 heterocycles. The first-order chi connectivity index (χ1) is 5.83. The van der Waals surface area contributed by atoms with Gasteiger partial charge in [-0.1, -0.05) is 23.5 Å². The first-order valence-corrected chi connectivity index (χ1v) is 6.00. The van der Waals surface area contributed by atoms with Gasteiger partial charge in [0.25, 0.3) is 0 Å². The maximum absolute atomic E-state index is 8.31. The Labute approximate surface area is 81.8 Å². The molecular weight excluding hydrogens is 188 g/mol. The molecule has 1 aliphatic rings. The molecule has 2 nitrogen and oxygen atoms in total. The summed E-state index contributed by atoms with van der Waals surface area (Å²) in [5, 5.41) is 8.31. The van der Waals surface area contributed by atoms with Gasteiger partial charge in [-0.15, -0.1) is 0 Å². The number of hydrogen-bond acceptors (Lipinski definition) is 4. The Balaban J connectivity index is 2.08. The smallest absolute Gasteiger partial charge is 0.124 e. The molecule has 4 heteroatoms. The minimum atomic E-state index is 0.494. The van der Waals surface area contributed by atoms with Crippen molar-refractivity contribution in [3.63, 3.8) is 0 Å². The standard InChI is InChI=1S/C8H12N2S2/c1-7-6-12-8(10-7)11-5-3-2-4-9/h7H,2-3,5-6H2,1H3/t7-/m0/s1. The molecule has 0 spiro atoms. The van der Waals surface area contributed by atoms with Crippen molar-refractivity contribution in [3.05, 3.63) is 0 Å². The summed E-state index contributed by atoms with van der Waals surface area (Å²) in [6.45, 7) is 2.13. The van der Waals surface area contributed by atoms with Crippen LogP contribution in [0.1, 0.15) is 19.8 Å². The van der Waals surface area contributed by atoms with Crippen LogP contribution in [0.4, 0.5) is 0 Å². The summed E-state index contributed by atoms with van der Waals surface area (Å²) in [5.41, 5.74) is 0. The molecule has 0 unspecified atom stereocenters. The van der Waals surface area contributed by atoms with Gasteiger partial charge in [-0.25, -0.2) is 0 Å². The lowest BCUT2D eigenvalue weighted by Gasteiger charge is -1.95. The summed E-state index contributed by atoms with van der Waals surface area (Å²) in [4.78, 5) is 4.45. The predicted octanol–water partition coefficient (Wildman–Crippen LogP) is 2.51. The molecule has 0 N–H and O–H groups in total. The molecule has 0 aromatic heterocycles. The van der Waals surface area contributed by atoms with Crippen LogP contribution < -0.4 is 0 Å². The lowest BCUT2D eigenvalue weighted by molar-refractivity contribution is 0.867. The lowest BCUT2D eigenvalue weighted by atomic mass is 10.4. The number of thioether (sulfide) groups is 2. The van der Waals surface area contributed by atoms with E-state index < -0.39 is 0 Å². The van der Waals surface area contributed by atoms with Gasteiger partial charge in [0.15, 0.2) is 0 Å². The summed E-state index contributed by atoms with van der Waals surface area (Å²) in [7, 11) is 0. The number of hydrogen-bond donors (Lipinski definition) is 0. The zero-order chi connectivity index (χ0) is 8.81. The molecule has 0 radical (unpaired) electrons. The van der Waals surface area contributed by atoms with E-state index >= 15 is 0 Å². The molecule has 1 aliphatic heterocycles. The first kappa shape index (κ1) is 9.94. The minimum Gasteiger partial charge on any atom is -0.268 e. The van der Waals surface area contributed by atoms with Gasteiger partial charge in [0.05, 0.1) is 12.1 Å². The molecule has 0 aromatic carbocycles. The van der Waals surface area contributed by atoms with Crippen molar-refractivity contribution in [3.8, 4) is 6.07 Å². The van der Waals surface area contributed by atoms with E-state index in [1.807, 2.05) is 11.8 Å². The molecule has 0 amide bonds. The molecule has 0 saturated carbocycles. The molecule has 66 valence electrons. The monoisotopic (exact) mass is 200 g/mol. The van der Waals surface area contributed by atoms with Gasteiger partial charge in [0.2, 0.25) is 0 Å². The van der Waals surface area contributed by atoms with Crippen molar-refractivity contribution in [1.82, 2.24) is 0 Å². The average Bonchev–Trinajstić information content (AvgIpc) is 2.45. The zero-order valence-electron chi connectivity index (χ0n) is 7.12. The molecule has 0 saturated heterocycles. The Hall–Kier alpha value is -0.140. The van der Waals surface area contributed by atoms with Crippen LogP contribution in [0.3, 0.4) is 0 Å². The van der Waals surface area contributed by atoms with Gasteiger partial charge in [-0.2, -0.15) is 5.26 Å². The quantitative estimate of drug-likeness (QED) is 0.657. The van der Waals surface area contributed by atoms with Crippen LogP contribution in [0.25, 0.3) is 0 Å². The molecule has 0 fully saturated rings. The van der Waals surface area contributed by atoms with Crippen molar-refractivity contribution in [2.45, 2.75) is 25.8 Å². The van der Waals surface area contributed by atoms with Gasteiger partial charge >= 0.3 is 0 Å². The van der Waals surface area contributed by atoms with Gasteiger partial charge in [-0.3, -0.25) is 4.99 Å².